The molecule has 0 heterocycles. The lowest BCUT2D eigenvalue weighted by Crippen LogP contribution is -2.42. The number of amides is 1. The van der Waals surface area contributed by atoms with E-state index in [9.17, 15) is 9.90 Å². The minimum absolute atomic E-state index is 0.0299. The molecule has 0 fully saturated rings. The predicted octanol–water partition coefficient (Wildman–Crippen LogP) is 3.30. The molecular weight excluding hydrogens is 306 g/mol. The minimum Gasteiger partial charge on any atom is -0.389 e. The smallest absolute Gasteiger partial charge is 0.254 e. The van der Waals surface area contributed by atoms with Gasteiger partial charge in [-0.05, 0) is 57.9 Å². The first-order valence-electron chi connectivity index (χ1n) is 6.44. The van der Waals surface area contributed by atoms with Crippen molar-refractivity contribution in [3.05, 3.63) is 33.3 Å². The van der Waals surface area contributed by atoms with Gasteiger partial charge in [-0.25, -0.2) is 0 Å². The van der Waals surface area contributed by atoms with Crippen LogP contribution in [0.15, 0.2) is 16.6 Å². The van der Waals surface area contributed by atoms with E-state index in [0.717, 1.165) is 15.6 Å². The van der Waals surface area contributed by atoms with Crippen LogP contribution in [0.3, 0.4) is 0 Å². The molecule has 0 bridgehead atoms. The number of likely N-dealkylation sites (N-methyl/N-ethyl adjacent to an activating group) is 1. The summed E-state index contributed by atoms with van der Waals surface area (Å²) >= 11 is 3.47. The van der Waals surface area contributed by atoms with Crippen LogP contribution in [-0.4, -0.2) is 34.6 Å². The Morgan fingerprint density at radius 1 is 1.32 bits per heavy atom. The monoisotopic (exact) mass is 327 g/mol. The Balaban J connectivity index is 3.08. The van der Waals surface area contributed by atoms with E-state index in [2.05, 4.69) is 15.9 Å². The van der Waals surface area contributed by atoms with E-state index < -0.39 is 5.60 Å². The molecule has 0 saturated heterocycles. The lowest BCUT2D eigenvalue weighted by Gasteiger charge is -2.28. The highest BCUT2D eigenvalue weighted by molar-refractivity contribution is 9.10. The zero-order valence-corrected chi connectivity index (χ0v) is 13.8. The molecule has 0 atom stereocenters. The van der Waals surface area contributed by atoms with Gasteiger partial charge < -0.3 is 10.0 Å². The summed E-state index contributed by atoms with van der Waals surface area (Å²) in [4.78, 5) is 14.2. The molecule has 1 amide bonds. The van der Waals surface area contributed by atoms with Crippen molar-refractivity contribution in [2.24, 2.45) is 0 Å². The Morgan fingerprint density at radius 2 is 1.89 bits per heavy atom. The van der Waals surface area contributed by atoms with Crippen molar-refractivity contribution < 1.29 is 9.90 Å². The lowest BCUT2D eigenvalue weighted by atomic mass is 10.0. The van der Waals surface area contributed by atoms with Gasteiger partial charge in [-0.15, -0.1) is 0 Å². The molecule has 1 aromatic rings. The number of carbonyl (C=O) groups is 1. The fourth-order valence-corrected chi connectivity index (χ4v) is 2.43. The SMILES string of the molecule is CCN(CC(C)(C)O)C(=O)c1cc(C)c(Br)cc1C. The van der Waals surface area contributed by atoms with E-state index in [1.165, 1.54) is 0 Å². The topological polar surface area (TPSA) is 40.5 Å². The van der Waals surface area contributed by atoms with Gasteiger partial charge in [0, 0.05) is 23.1 Å². The molecule has 0 radical (unpaired) electrons. The van der Waals surface area contributed by atoms with E-state index in [1.807, 2.05) is 32.9 Å². The molecule has 0 aromatic heterocycles. The molecule has 3 nitrogen and oxygen atoms in total. The first kappa shape index (κ1) is 16.2. The van der Waals surface area contributed by atoms with Crippen LogP contribution in [0, 0.1) is 13.8 Å². The van der Waals surface area contributed by atoms with Crippen LogP contribution < -0.4 is 0 Å². The maximum Gasteiger partial charge on any atom is 0.254 e. The van der Waals surface area contributed by atoms with Crippen LogP contribution in [0.25, 0.3) is 0 Å². The van der Waals surface area contributed by atoms with Crippen molar-refractivity contribution in [1.29, 1.82) is 0 Å². The van der Waals surface area contributed by atoms with Crippen molar-refractivity contribution in [3.63, 3.8) is 0 Å². The largest absolute Gasteiger partial charge is 0.389 e. The Kier molecular flexibility index (Phi) is 5.16. The first-order chi connectivity index (χ1) is 8.65. The maximum absolute atomic E-state index is 12.5. The highest BCUT2D eigenvalue weighted by atomic mass is 79.9. The van der Waals surface area contributed by atoms with Gasteiger partial charge in [-0.2, -0.15) is 0 Å². The quantitative estimate of drug-likeness (QED) is 0.921. The molecule has 0 aliphatic rings. The third kappa shape index (κ3) is 4.32. The van der Waals surface area contributed by atoms with E-state index in [4.69, 9.17) is 0 Å². The second-order valence-electron chi connectivity index (χ2n) is 5.55. The van der Waals surface area contributed by atoms with Gasteiger partial charge in [0.2, 0.25) is 0 Å². The fourth-order valence-electron chi connectivity index (χ4n) is 1.98. The summed E-state index contributed by atoms with van der Waals surface area (Å²) in [6.45, 7) is 10.1. The van der Waals surface area contributed by atoms with Crippen molar-refractivity contribution >= 4 is 21.8 Å². The van der Waals surface area contributed by atoms with Gasteiger partial charge in [0.05, 0.1) is 5.60 Å². The summed E-state index contributed by atoms with van der Waals surface area (Å²) in [6, 6.07) is 3.86. The number of benzene rings is 1. The standard InChI is InChI=1S/C15H22BrNO2/c1-6-17(9-15(4,5)19)14(18)12-7-11(3)13(16)8-10(12)2/h7-8,19H,6,9H2,1-5H3. The summed E-state index contributed by atoms with van der Waals surface area (Å²) in [5, 5.41) is 9.88. The van der Waals surface area contributed by atoms with Crippen molar-refractivity contribution in [3.8, 4) is 0 Å². The third-order valence-corrected chi connectivity index (χ3v) is 3.84. The van der Waals surface area contributed by atoms with Crippen LogP contribution in [0.5, 0.6) is 0 Å². The van der Waals surface area contributed by atoms with Crippen molar-refractivity contribution in [2.75, 3.05) is 13.1 Å². The van der Waals surface area contributed by atoms with Crippen LogP contribution in [0.2, 0.25) is 0 Å². The molecule has 0 spiro atoms. The number of nitrogens with zero attached hydrogens (tertiary/aromatic N) is 1. The zero-order valence-electron chi connectivity index (χ0n) is 12.2. The summed E-state index contributed by atoms with van der Waals surface area (Å²) < 4.78 is 1.01. The Hall–Kier alpha value is -0.870. The zero-order chi connectivity index (χ0) is 14.8. The molecule has 106 valence electrons. The lowest BCUT2D eigenvalue weighted by molar-refractivity contribution is 0.0314. The third-order valence-electron chi connectivity index (χ3n) is 2.98. The van der Waals surface area contributed by atoms with E-state index in [-0.39, 0.29) is 5.91 Å². The predicted molar refractivity (Wildman–Crippen MR) is 81.5 cm³/mol. The summed E-state index contributed by atoms with van der Waals surface area (Å²) in [5.74, 6) is -0.0299. The fraction of sp³-hybridized carbons (Fsp3) is 0.533. The molecule has 4 heteroatoms. The molecule has 1 rings (SSSR count). The van der Waals surface area contributed by atoms with E-state index in [0.29, 0.717) is 18.7 Å². The average molecular weight is 328 g/mol. The molecule has 0 unspecified atom stereocenters. The van der Waals surface area contributed by atoms with Crippen molar-refractivity contribution in [2.45, 2.75) is 40.2 Å². The van der Waals surface area contributed by atoms with E-state index >= 15 is 0 Å². The molecule has 19 heavy (non-hydrogen) atoms. The second kappa shape index (κ2) is 6.06. The van der Waals surface area contributed by atoms with Gasteiger partial charge in [-0.1, -0.05) is 15.9 Å². The normalized spacial score (nSPS) is 11.5. The average Bonchev–Trinajstić information content (AvgIpc) is 2.28. The Labute approximate surface area is 123 Å². The number of halogens is 1. The van der Waals surface area contributed by atoms with Crippen LogP contribution in [0.4, 0.5) is 0 Å². The molecular formula is C15H22BrNO2. The van der Waals surface area contributed by atoms with Gasteiger partial charge in [0.1, 0.15) is 0 Å². The number of hydrogen-bond acceptors (Lipinski definition) is 2. The molecule has 1 N–H and O–H groups in total. The molecule has 0 aliphatic heterocycles. The first-order valence-corrected chi connectivity index (χ1v) is 7.23. The number of rotatable bonds is 4. The summed E-state index contributed by atoms with van der Waals surface area (Å²) in [7, 11) is 0. The Bertz CT molecular complexity index is 478. The van der Waals surface area contributed by atoms with Gasteiger partial charge in [-0.3, -0.25) is 4.79 Å². The van der Waals surface area contributed by atoms with Gasteiger partial charge in [0.25, 0.3) is 5.91 Å². The second-order valence-corrected chi connectivity index (χ2v) is 6.40. The molecule has 0 aliphatic carbocycles. The minimum atomic E-state index is -0.885. The van der Waals surface area contributed by atoms with Gasteiger partial charge >= 0.3 is 0 Å². The summed E-state index contributed by atoms with van der Waals surface area (Å²) in [5.41, 5.74) is 1.79. The van der Waals surface area contributed by atoms with Crippen LogP contribution in [0.1, 0.15) is 42.3 Å². The number of hydrogen-bond donors (Lipinski definition) is 1. The molecule has 0 saturated carbocycles. The summed E-state index contributed by atoms with van der Waals surface area (Å²) in [6.07, 6.45) is 0. The Morgan fingerprint density at radius 3 is 2.37 bits per heavy atom. The number of aryl methyl sites for hydroxylation is 2. The highest BCUT2D eigenvalue weighted by Gasteiger charge is 2.23. The maximum atomic E-state index is 12.5. The number of aliphatic hydroxyl groups is 1. The van der Waals surface area contributed by atoms with E-state index in [1.54, 1.807) is 18.7 Å². The van der Waals surface area contributed by atoms with Crippen LogP contribution in [-0.2, 0) is 0 Å². The van der Waals surface area contributed by atoms with Crippen molar-refractivity contribution in [1.82, 2.24) is 4.90 Å². The van der Waals surface area contributed by atoms with Gasteiger partial charge in [0.15, 0.2) is 0 Å². The highest BCUT2D eigenvalue weighted by Crippen LogP contribution is 2.22. The molecule has 1 aromatic carbocycles. The number of carbonyl (C=O) groups excluding carboxylic acids is 1. The van der Waals surface area contributed by atoms with Crippen LogP contribution >= 0.6 is 15.9 Å².